The highest BCUT2D eigenvalue weighted by atomic mass is 79.9. The van der Waals surface area contributed by atoms with Crippen LogP contribution in [-0.2, 0) is 16.4 Å². The van der Waals surface area contributed by atoms with E-state index >= 15 is 0 Å². The minimum atomic E-state index is -3.45. The Balaban J connectivity index is 2.46. The number of nitrogens with one attached hydrogen (secondary N) is 1. The lowest BCUT2D eigenvalue weighted by Crippen LogP contribution is -2.08. The Labute approximate surface area is 132 Å². The predicted molar refractivity (Wildman–Crippen MR) is 87.2 cm³/mol. The van der Waals surface area contributed by atoms with Gasteiger partial charge in [-0.2, -0.15) is 5.10 Å². The van der Waals surface area contributed by atoms with Crippen molar-refractivity contribution in [2.45, 2.75) is 18.4 Å². The van der Waals surface area contributed by atoms with Crippen LogP contribution in [0.1, 0.15) is 12.5 Å². The van der Waals surface area contributed by atoms with Crippen LogP contribution < -0.4 is 11.1 Å². The van der Waals surface area contributed by atoms with Gasteiger partial charge in [0.25, 0.3) is 0 Å². The summed E-state index contributed by atoms with van der Waals surface area (Å²) in [6.45, 7) is 2.84. The summed E-state index contributed by atoms with van der Waals surface area (Å²) in [6.07, 6.45) is 1.13. The standard InChI is InChI=1S/C13H17BrN4O2S/c1-3-16-13-11(21(2,19)20)12(15)18(17-13)8-9-5-4-6-10(14)7-9/h4-7H,3,8,15H2,1-2H3,(H,16,17). The van der Waals surface area contributed by atoms with Gasteiger partial charge in [-0.25, -0.2) is 13.1 Å². The third-order valence-corrected chi connectivity index (χ3v) is 4.52. The normalized spacial score (nSPS) is 11.6. The molecule has 0 atom stereocenters. The van der Waals surface area contributed by atoms with Gasteiger partial charge in [0, 0.05) is 17.3 Å². The Kier molecular flexibility index (Phi) is 4.58. The van der Waals surface area contributed by atoms with Gasteiger partial charge in [0.05, 0.1) is 6.54 Å². The van der Waals surface area contributed by atoms with Gasteiger partial charge in [-0.05, 0) is 24.6 Å². The molecule has 1 aromatic heterocycles. The Bertz CT molecular complexity index is 756. The maximum absolute atomic E-state index is 11.9. The molecule has 114 valence electrons. The van der Waals surface area contributed by atoms with Gasteiger partial charge in [0.15, 0.2) is 20.6 Å². The van der Waals surface area contributed by atoms with Crippen molar-refractivity contribution in [2.75, 3.05) is 23.9 Å². The zero-order valence-corrected chi connectivity index (χ0v) is 14.2. The SMILES string of the molecule is CCNc1nn(Cc2cccc(Br)c2)c(N)c1S(C)(=O)=O. The van der Waals surface area contributed by atoms with Crippen molar-refractivity contribution in [2.24, 2.45) is 0 Å². The highest BCUT2D eigenvalue weighted by Crippen LogP contribution is 2.27. The van der Waals surface area contributed by atoms with E-state index in [2.05, 4.69) is 26.3 Å². The van der Waals surface area contributed by atoms with E-state index < -0.39 is 9.84 Å². The van der Waals surface area contributed by atoms with Gasteiger partial charge < -0.3 is 11.1 Å². The van der Waals surface area contributed by atoms with Crippen molar-refractivity contribution >= 4 is 37.4 Å². The molecule has 0 amide bonds. The minimum Gasteiger partial charge on any atom is -0.383 e. The van der Waals surface area contributed by atoms with Crippen molar-refractivity contribution in [3.63, 3.8) is 0 Å². The maximum Gasteiger partial charge on any atom is 0.182 e. The zero-order valence-electron chi connectivity index (χ0n) is 11.8. The fraction of sp³-hybridized carbons (Fsp3) is 0.308. The van der Waals surface area contributed by atoms with E-state index in [9.17, 15) is 8.42 Å². The first-order valence-corrected chi connectivity index (χ1v) is 9.06. The number of hydrogen-bond donors (Lipinski definition) is 2. The van der Waals surface area contributed by atoms with E-state index in [1.54, 1.807) is 0 Å². The smallest absolute Gasteiger partial charge is 0.182 e. The number of nitrogens with two attached hydrogens (primary N) is 1. The molecule has 1 heterocycles. The first-order valence-electron chi connectivity index (χ1n) is 6.37. The Morgan fingerprint density at radius 2 is 2.14 bits per heavy atom. The maximum atomic E-state index is 11.9. The third kappa shape index (κ3) is 3.56. The van der Waals surface area contributed by atoms with E-state index in [-0.39, 0.29) is 10.7 Å². The largest absolute Gasteiger partial charge is 0.383 e. The van der Waals surface area contributed by atoms with Crippen LogP contribution in [0.15, 0.2) is 33.6 Å². The fourth-order valence-electron chi connectivity index (χ4n) is 2.04. The van der Waals surface area contributed by atoms with Gasteiger partial charge in [-0.15, -0.1) is 0 Å². The van der Waals surface area contributed by atoms with E-state index in [4.69, 9.17) is 5.73 Å². The van der Waals surface area contributed by atoms with Gasteiger partial charge in [-0.1, -0.05) is 28.1 Å². The summed E-state index contributed by atoms with van der Waals surface area (Å²) >= 11 is 3.40. The van der Waals surface area contributed by atoms with E-state index in [1.807, 2.05) is 31.2 Å². The summed E-state index contributed by atoms with van der Waals surface area (Å²) < 4.78 is 26.2. The van der Waals surface area contributed by atoms with Crippen LogP contribution in [0.4, 0.5) is 11.6 Å². The molecule has 2 rings (SSSR count). The second kappa shape index (κ2) is 6.07. The van der Waals surface area contributed by atoms with Gasteiger partial charge in [-0.3, -0.25) is 0 Å². The first-order chi connectivity index (χ1) is 9.82. The van der Waals surface area contributed by atoms with Crippen molar-refractivity contribution < 1.29 is 8.42 Å². The molecule has 0 aliphatic heterocycles. The van der Waals surface area contributed by atoms with Crippen LogP contribution in [0.2, 0.25) is 0 Å². The zero-order chi connectivity index (χ0) is 15.6. The highest BCUT2D eigenvalue weighted by molar-refractivity contribution is 9.10. The summed E-state index contributed by atoms with van der Waals surface area (Å²) in [7, 11) is -3.45. The summed E-state index contributed by atoms with van der Waals surface area (Å²) in [5.74, 6) is 0.445. The second-order valence-electron chi connectivity index (χ2n) is 4.65. The van der Waals surface area contributed by atoms with Crippen LogP contribution >= 0.6 is 15.9 Å². The summed E-state index contributed by atoms with van der Waals surface area (Å²) in [4.78, 5) is 0.0550. The molecule has 2 aromatic rings. The molecule has 0 radical (unpaired) electrons. The quantitative estimate of drug-likeness (QED) is 0.838. The lowest BCUT2D eigenvalue weighted by Gasteiger charge is -2.05. The van der Waals surface area contributed by atoms with Crippen molar-refractivity contribution in [1.82, 2.24) is 9.78 Å². The molecular formula is C13H17BrN4O2S. The van der Waals surface area contributed by atoms with Gasteiger partial charge in [0.2, 0.25) is 0 Å². The molecule has 1 aromatic carbocycles. The molecule has 21 heavy (non-hydrogen) atoms. The summed E-state index contributed by atoms with van der Waals surface area (Å²) in [6, 6.07) is 7.69. The predicted octanol–water partition coefficient (Wildman–Crippen LogP) is 2.11. The first kappa shape index (κ1) is 15.8. The molecule has 3 N–H and O–H groups in total. The number of nitrogen functional groups attached to an aromatic ring is 1. The number of anilines is 2. The van der Waals surface area contributed by atoms with Crippen LogP contribution in [0.5, 0.6) is 0 Å². The molecule has 0 fully saturated rings. The van der Waals surface area contributed by atoms with Crippen LogP contribution in [0.25, 0.3) is 0 Å². The number of benzene rings is 1. The minimum absolute atomic E-state index is 0.0550. The topological polar surface area (TPSA) is 90.0 Å². The molecule has 0 aliphatic rings. The molecule has 0 bridgehead atoms. The van der Waals surface area contributed by atoms with Gasteiger partial charge in [0.1, 0.15) is 5.82 Å². The molecule has 0 saturated heterocycles. The number of hydrogen-bond acceptors (Lipinski definition) is 5. The molecule has 8 heteroatoms. The van der Waals surface area contributed by atoms with Crippen LogP contribution in [0.3, 0.4) is 0 Å². The molecule has 6 nitrogen and oxygen atoms in total. The Morgan fingerprint density at radius 3 is 2.71 bits per heavy atom. The molecule has 0 saturated carbocycles. The number of nitrogens with zero attached hydrogens (tertiary/aromatic N) is 2. The Morgan fingerprint density at radius 1 is 1.43 bits per heavy atom. The van der Waals surface area contributed by atoms with Crippen molar-refractivity contribution in [1.29, 1.82) is 0 Å². The van der Waals surface area contributed by atoms with Crippen molar-refractivity contribution in [3.8, 4) is 0 Å². The van der Waals surface area contributed by atoms with Crippen LogP contribution in [-0.4, -0.2) is 31.0 Å². The average molecular weight is 373 g/mol. The van der Waals surface area contributed by atoms with Crippen molar-refractivity contribution in [3.05, 3.63) is 34.3 Å². The molecule has 0 unspecified atom stereocenters. The molecule has 0 spiro atoms. The van der Waals surface area contributed by atoms with Gasteiger partial charge >= 0.3 is 0 Å². The third-order valence-electron chi connectivity index (χ3n) is 2.88. The molecule has 0 aliphatic carbocycles. The average Bonchev–Trinajstić information content (AvgIpc) is 2.66. The van der Waals surface area contributed by atoms with E-state index in [1.165, 1.54) is 4.68 Å². The highest BCUT2D eigenvalue weighted by Gasteiger charge is 2.23. The summed E-state index contributed by atoms with van der Waals surface area (Å²) in [5.41, 5.74) is 6.95. The van der Waals surface area contributed by atoms with E-state index in [0.717, 1.165) is 16.3 Å². The monoisotopic (exact) mass is 372 g/mol. The Hall–Kier alpha value is -1.54. The second-order valence-corrected chi connectivity index (χ2v) is 7.52. The van der Waals surface area contributed by atoms with Crippen LogP contribution in [0, 0.1) is 0 Å². The number of sulfone groups is 1. The number of halogens is 1. The molecular weight excluding hydrogens is 356 g/mol. The number of aromatic nitrogens is 2. The number of rotatable bonds is 5. The lowest BCUT2D eigenvalue weighted by atomic mass is 10.2. The fourth-order valence-corrected chi connectivity index (χ4v) is 3.43. The summed E-state index contributed by atoms with van der Waals surface area (Å²) in [5, 5.41) is 7.22. The van der Waals surface area contributed by atoms with E-state index in [0.29, 0.717) is 18.9 Å². The lowest BCUT2D eigenvalue weighted by molar-refractivity contribution is 0.602.